The molecule has 90 valence electrons. The van der Waals surface area contributed by atoms with Crippen LogP contribution in [-0.2, 0) is 10.0 Å². The molecule has 0 unspecified atom stereocenters. The summed E-state index contributed by atoms with van der Waals surface area (Å²) >= 11 is 0. The summed E-state index contributed by atoms with van der Waals surface area (Å²) in [5.74, 6) is 0.630. The first-order valence-corrected chi connectivity index (χ1v) is 7.39. The molecule has 0 aliphatic carbocycles. The molecule has 0 amide bonds. The van der Waals surface area contributed by atoms with Gasteiger partial charge in [-0.1, -0.05) is 26.7 Å². The second-order valence-corrected chi connectivity index (χ2v) is 6.12. The fraction of sp³-hybridized carbons (Fsp3) is 1.00. The number of nitrogens with one attached hydrogen (secondary N) is 1. The molecule has 1 aliphatic heterocycles. The van der Waals surface area contributed by atoms with Gasteiger partial charge in [-0.3, -0.25) is 0 Å². The van der Waals surface area contributed by atoms with E-state index in [2.05, 4.69) is 19.2 Å². The fourth-order valence-corrected chi connectivity index (χ4v) is 3.87. The van der Waals surface area contributed by atoms with E-state index in [1.807, 2.05) is 0 Å². The molecule has 0 atom stereocenters. The minimum absolute atomic E-state index is 0.310. The summed E-state index contributed by atoms with van der Waals surface area (Å²) < 4.78 is 25.7. The fourth-order valence-electron chi connectivity index (χ4n) is 1.85. The molecule has 0 radical (unpaired) electrons. The number of rotatable bonds is 5. The van der Waals surface area contributed by atoms with Gasteiger partial charge in [0.25, 0.3) is 0 Å². The van der Waals surface area contributed by atoms with E-state index >= 15 is 0 Å². The smallest absolute Gasteiger partial charge is 0.214 e. The van der Waals surface area contributed by atoms with E-state index in [-0.39, 0.29) is 0 Å². The van der Waals surface area contributed by atoms with Crippen molar-refractivity contribution >= 4 is 10.0 Å². The quantitative estimate of drug-likeness (QED) is 0.760. The molecule has 4 nitrogen and oxygen atoms in total. The lowest BCUT2D eigenvalue weighted by Crippen LogP contribution is -2.47. The van der Waals surface area contributed by atoms with Gasteiger partial charge in [-0.15, -0.1) is 0 Å². The first-order chi connectivity index (χ1) is 7.10. The highest BCUT2D eigenvalue weighted by Crippen LogP contribution is 2.14. The molecule has 0 spiro atoms. The summed E-state index contributed by atoms with van der Waals surface area (Å²) in [5, 5.41) is 3.16. The number of piperazine rings is 1. The van der Waals surface area contributed by atoms with Gasteiger partial charge in [0, 0.05) is 26.2 Å². The molecule has 1 rings (SSSR count). The van der Waals surface area contributed by atoms with Crippen LogP contribution in [0.3, 0.4) is 0 Å². The Balaban J connectivity index is 2.56. The zero-order valence-electron chi connectivity index (χ0n) is 9.70. The Hall–Kier alpha value is -0.130. The lowest BCUT2D eigenvalue weighted by molar-refractivity contribution is 0.355. The van der Waals surface area contributed by atoms with Crippen molar-refractivity contribution in [3.63, 3.8) is 0 Å². The largest absolute Gasteiger partial charge is 0.314 e. The third-order valence-electron chi connectivity index (χ3n) is 3.07. The van der Waals surface area contributed by atoms with Crippen molar-refractivity contribution in [1.29, 1.82) is 0 Å². The Morgan fingerprint density at radius 3 is 2.20 bits per heavy atom. The van der Waals surface area contributed by atoms with Crippen LogP contribution in [0.4, 0.5) is 0 Å². The van der Waals surface area contributed by atoms with Crippen LogP contribution in [0.2, 0.25) is 0 Å². The molecule has 0 aromatic heterocycles. The molecule has 0 saturated carbocycles. The summed E-state index contributed by atoms with van der Waals surface area (Å²) in [6, 6.07) is 0. The van der Waals surface area contributed by atoms with Gasteiger partial charge in [-0.05, 0) is 5.92 Å². The highest BCUT2D eigenvalue weighted by molar-refractivity contribution is 7.89. The molecule has 15 heavy (non-hydrogen) atoms. The minimum atomic E-state index is -3.01. The maximum atomic E-state index is 12.0. The van der Waals surface area contributed by atoms with Gasteiger partial charge in [0.05, 0.1) is 5.75 Å². The Morgan fingerprint density at radius 2 is 1.73 bits per heavy atom. The van der Waals surface area contributed by atoms with Gasteiger partial charge < -0.3 is 5.32 Å². The second kappa shape index (κ2) is 5.82. The lowest BCUT2D eigenvalue weighted by atomic mass is 10.1. The Labute approximate surface area is 93.1 Å². The van der Waals surface area contributed by atoms with Crippen molar-refractivity contribution in [3.05, 3.63) is 0 Å². The van der Waals surface area contributed by atoms with Crippen LogP contribution in [0.5, 0.6) is 0 Å². The second-order valence-electron chi connectivity index (χ2n) is 4.11. The molecule has 5 heteroatoms. The molecular weight excluding hydrogens is 212 g/mol. The third-order valence-corrected chi connectivity index (χ3v) is 5.11. The van der Waals surface area contributed by atoms with Crippen LogP contribution >= 0.6 is 0 Å². The van der Waals surface area contributed by atoms with E-state index in [1.165, 1.54) is 0 Å². The number of hydrogen-bond donors (Lipinski definition) is 1. The first kappa shape index (κ1) is 12.9. The standard InChI is InChI=1S/C10H22N2O2S/c1-3-10(4-2)9-15(13,14)12-7-5-11-6-8-12/h10-11H,3-9H2,1-2H3. The van der Waals surface area contributed by atoms with Crippen molar-refractivity contribution in [2.75, 3.05) is 31.9 Å². The van der Waals surface area contributed by atoms with Crippen molar-refractivity contribution < 1.29 is 8.42 Å². The molecule has 1 saturated heterocycles. The number of sulfonamides is 1. The van der Waals surface area contributed by atoms with E-state index < -0.39 is 10.0 Å². The van der Waals surface area contributed by atoms with E-state index in [0.29, 0.717) is 24.8 Å². The highest BCUT2D eigenvalue weighted by Gasteiger charge is 2.25. The summed E-state index contributed by atoms with van der Waals surface area (Å²) in [4.78, 5) is 0. The topological polar surface area (TPSA) is 49.4 Å². The van der Waals surface area contributed by atoms with Gasteiger partial charge >= 0.3 is 0 Å². The van der Waals surface area contributed by atoms with Crippen molar-refractivity contribution in [1.82, 2.24) is 9.62 Å². The molecule has 0 bridgehead atoms. The van der Waals surface area contributed by atoms with Crippen molar-refractivity contribution in [2.24, 2.45) is 5.92 Å². The van der Waals surface area contributed by atoms with Crippen molar-refractivity contribution in [3.8, 4) is 0 Å². The third kappa shape index (κ3) is 3.74. The summed E-state index contributed by atoms with van der Waals surface area (Å²) in [5.41, 5.74) is 0. The molecule has 1 aliphatic rings. The average molecular weight is 234 g/mol. The zero-order valence-corrected chi connectivity index (χ0v) is 10.5. The van der Waals surface area contributed by atoms with Gasteiger partial charge in [-0.2, -0.15) is 4.31 Å². The molecular formula is C10H22N2O2S. The van der Waals surface area contributed by atoms with Gasteiger partial charge in [0.1, 0.15) is 0 Å². The van der Waals surface area contributed by atoms with Crippen LogP contribution in [0, 0.1) is 5.92 Å². The highest BCUT2D eigenvalue weighted by atomic mass is 32.2. The van der Waals surface area contributed by atoms with E-state index in [4.69, 9.17) is 0 Å². The summed E-state index contributed by atoms with van der Waals surface area (Å²) in [6.45, 7) is 6.93. The summed E-state index contributed by atoms with van der Waals surface area (Å²) in [7, 11) is -3.01. The van der Waals surface area contributed by atoms with E-state index in [0.717, 1.165) is 25.9 Å². The predicted octanol–water partition coefficient (Wildman–Crippen LogP) is 0.658. The average Bonchev–Trinajstić information content (AvgIpc) is 2.27. The molecule has 1 fully saturated rings. The number of nitrogens with zero attached hydrogens (tertiary/aromatic N) is 1. The van der Waals surface area contributed by atoms with Crippen LogP contribution in [0.15, 0.2) is 0 Å². The van der Waals surface area contributed by atoms with Crippen LogP contribution < -0.4 is 5.32 Å². The van der Waals surface area contributed by atoms with Gasteiger partial charge in [-0.25, -0.2) is 8.42 Å². The van der Waals surface area contributed by atoms with Crippen LogP contribution in [0.1, 0.15) is 26.7 Å². The maximum absolute atomic E-state index is 12.0. The first-order valence-electron chi connectivity index (χ1n) is 5.78. The molecule has 1 N–H and O–H groups in total. The summed E-state index contributed by atoms with van der Waals surface area (Å²) in [6.07, 6.45) is 1.89. The van der Waals surface area contributed by atoms with E-state index in [9.17, 15) is 8.42 Å². The van der Waals surface area contributed by atoms with Crippen molar-refractivity contribution in [2.45, 2.75) is 26.7 Å². The van der Waals surface area contributed by atoms with Crippen LogP contribution in [-0.4, -0.2) is 44.7 Å². The Bertz CT molecular complexity index is 267. The molecule has 1 heterocycles. The van der Waals surface area contributed by atoms with Crippen LogP contribution in [0.25, 0.3) is 0 Å². The molecule has 0 aromatic rings. The minimum Gasteiger partial charge on any atom is -0.314 e. The Kier molecular flexibility index (Phi) is 5.02. The number of hydrogen-bond acceptors (Lipinski definition) is 3. The van der Waals surface area contributed by atoms with Gasteiger partial charge in [0.2, 0.25) is 10.0 Å². The maximum Gasteiger partial charge on any atom is 0.214 e. The predicted molar refractivity (Wildman–Crippen MR) is 62.3 cm³/mol. The SMILES string of the molecule is CCC(CC)CS(=O)(=O)N1CCNCC1. The zero-order chi connectivity index (χ0) is 11.3. The molecule has 0 aromatic carbocycles. The normalized spacial score (nSPS) is 19.7. The van der Waals surface area contributed by atoms with E-state index in [1.54, 1.807) is 4.31 Å². The lowest BCUT2D eigenvalue weighted by Gasteiger charge is -2.28. The monoisotopic (exact) mass is 234 g/mol. The van der Waals surface area contributed by atoms with Gasteiger partial charge in [0.15, 0.2) is 0 Å². The Morgan fingerprint density at radius 1 is 1.20 bits per heavy atom.